The maximum Gasteiger partial charge on any atom is 0.241 e. The van der Waals surface area contributed by atoms with E-state index in [1.54, 1.807) is 6.92 Å². The summed E-state index contributed by atoms with van der Waals surface area (Å²) in [5, 5.41) is 0.579. The van der Waals surface area contributed by atoms with Crippen LogP contribution in [0.4, 0.5) is 0 Å². The van der Waals surface area contributed by atoms with Crippen molar-refractivity contribution in [2.45, 2.75) is 36.8 Å². The van der Waals surface area contributed by atoms with Crippen LogP contribution in [0.1, 0.15) is 19.8 Å². The second kappa shape index (κ2) is 5.97. The number of sulfonamides is 1. The molecule has 0 saturated carbocycles. The summed E-state index contributed by atoms with van der Waals surface area (Å²) in [5.74, 6) is 0. The molecule has 2 unspecified atom stereocenters. The summed E-state index contributed by atoms with van der Waals surface area (Å²) >= 11 is 11.6. The lowest BCUT2D eigenvalue weighted by Gasteiger charge is -2.20. The lowest BCUT2D eigenvalue weighted by Crippen LogP contribution is -2.40. The largest absolute Gasteiger partial charge is 0.377 e. The van der Waals surface area contributed by atoms with E-state index in [-0.39, 0.29) is 27.1 Å². The van der Waals surface area contributed by atoms with Crippen LogP contribution in [0.15, 0.2) is 23.1 Å². The monoisotopic (exact) mass is 323 g/mol. The van der Waals surface area contributed by atoms with Crippen molar-refractivity contribution in [3.8, 4) is 0 Å². The highest BCUT2D eigenvalue weighted by atomic mass is 35.5. The van der Waals surface area contributed by atoms with Crippen molar-refractivity contribution in [1.29, 1.82) is 0 Å². The van der Waals surface area contributed by atoms with Crippen molar-refractivity contribution in [3.63, 3.8) is 0 Å². The van der Waals surface area contributed by atoms with Gasteiger partial charge in [0.15, 0.2) is 0 Å². The minimum atomic E-state index is -3.64. The van der Waals surface area contributed by atoms with E-state index in [4.69, 9.17) is 27.9 Å². The summed E-state index contributed by atoms with van der Waals surface area (Å²) in [7, 11) is -3.64. The molecule has 2 rings (SSSR count). The van der Waals surface area contributed by atoms with Gasteiger partial charge in [-0.2, -0.15) is 0 Å². The van der Waals surface area contributed by atoms with Crippen LogP contribution in [-0.4, -0.2) is 27.2 Å². The summed E-state index contributed by atoms with van der Waals surface area (Å²) in [6, 6.07) is 3.95. The molecule has 1 aromatic rings. The zero-order valence-electron chi connectivity index (χ0n) is 10.4. The molecule has 106 valence electrons. The number of rotatable bonds is 4. The fraction of sp³-hybridized carbons (Fsp3) is 0.500. The number of ether oxygens (including phenoxy) is 1. The van der Waals surface area contributed by atoms with E-state index in [2.05, 4.69) is 4.72 Å². The van der Waals surface area contributed by atoms with Gasteiger partial charge < -0.3 is 4.74 Å². The van der Waals surface area contributed by atoms with Crippen molar-refractivity contribution in [1.82, 2.24) is 4.72 Å². The van der Waals surface area contributed by atoms with Crippen LogP contribution in [0.5, 0.6) is 0 Å². The Morgan fingerprint density at radius 2 is 1.95 bits per heavy atom. The predicted molar refractivity (Wildman–Crippen MR) is 75.2 cm³/mol. The SMILES string of the molecule is CC(NS(=O)(=O)c1cc(Cl)cc(Cl)c1)C1CCCO1. The van der Waals surface area contributed by atoms with Gasteiger partial charge in [-0.25, -0.2) is 13.1 Å². The van der Waals surface area contributed by atoms with E-state index in [1.807, 2.05) is 0 Å². The lowest BCUT2D eigenvalue weighted by atomic mass is 10.1. The van der Waals surface area contributed by atoms with Crippen LogP contribution in [0.3, 0.4) is 0 Å². The second-order valence-corrected chi connectivity index (χ2v) is 7.15. The molecule has 1 aliphatic heterocycles. The molecule has 19 heavy (non-hydrogen) atoms. The number of benzene rings is 1. The van der Waals surface area contributed by atoms with Crippen LogP contribution in [-0.2, 0) is 14.8 Å². The maximum atomic E-state index is 12.2. The fourth-order valence-electron chi connectivity index (χ4n) is 2.07. The zero-order chi connectivity index (χ0) is 14.0. The number of nitrogens with one attached hydrogen (secondary N) is 1. The molecule has 1 N–H and O–H groups in total. The van der Waals surface area contributed by atoms with Crippen LogP contribution in [0.25, 0.3) is 0 Å². The zero-order valence-corrected chi connectivity index (χ0v) is 12.7. The Morgan fingerprint density at radius 1 is 1.32 bits per heavy atom. The highest BCUT2D eigenvalue weighted by molar-refractivity contribution is 7.89. The van der Waals surface area contributed by atoms with E-state index in [1.165, 1.54) is 18.2 Å². The van der Waals surface area contributed by atoms with E-state index in [9.17, 15) is 8.42 Å². The Balaban J connectivity index is 2.17. The smallest absolute Gasteiger partial charge is 0.241 e. The Labute approximate surface area is 123 Å². The standard InChI is InChI=1S/C12H15Cl2NO3S/c1-8(12-3-2-4-18-12)15-19(16,17)11-6-9(13)5-10(14)7-11/h5-8,12,15H,2-4H2,1H3. The molecule has 0 radical (unpaired) electrons. The summed E-state index contributed by atoms with van der Waals surface area (Å²) in [4.78, 5) is 0.0647. The van der Waals surface area contributed by atoms with Gasteiger partial charge in [0.25, 0.3) is 0 Å². The molecule has 1 saturated heterocycles. The first-order chi connectivity index (χ1) is 8.88. The Morgan fingerprint density at radius 3 is 2.47 bits per heavy atom. The molecule has 1 aliphatic rings. The molecule has 4 nitrogen and oxygen atoms in total. The minimum absolute atomic E-state index is 0.0647. The van der Waals surface area contributed by atoms with Gasteiger partial charge in [-0.1, -0.05) is 23.2 Å². The first-order valence-electron chi connectivity index (χ1n) is 5.98. The van der Waals surface area contributed by atoms with Gasteiger partial charge in [-0.15, -0.1) is 0 Å². The molecular weight excluding hydrogens is 309 g/mol. The summed E-state index contributed by atoms with van der Waals surface area (Å²) < 4.78 is 32.5. The molecular formula is C12H15Cl2NO3S. The molecule has 0 aromatic heterocycles. The van der Waals surface area contributed by atoms with Gasteiger partial charge in [0.2, 0.25) is 10.0 Å². The molecule has 1 fully saturated rings. The predicted octanol–water partition coefficient (Wildman–Crippen LogP) is 2.84. The molecule has 0 aliphatic carbocycles. The van der Waals surface area contributed by atoms with Crippen LogP contribution in [0.2, 0.25) is 10.0 Å². The average Bonchev–Trinajstić information content (AvgIpc) is 2.80. The van der Waals surface area contributed by atoms with E-state index in [0.717, 1.165) is 12.8 Å². The van der Waals surface area contributed by atoms with Crippen LogP contribution < -0.4 is 4.72 Å². The first kappa shape index (κ1) is 15.1. The van der Waals surface area contributed by atoms with Gasteiger partial charge in [-0.05, 0) is 38.0 Å². The van der Waals surface area contributed by atoms with Gasteiger partial charge in [0.1, 0.15) is 0 Å². The van der Waals surface area contributed by atoms with Gasteiger partial charge in [-0.3, -0.25) is 0 Å². The van der Waals surface area contributed by atoms with Crippen molar-refractivity contribution in [2.75, 3.05) is 6.61 Å². The fourth-order valence-corrected chi connectivity index (χ4v) is 4.07. The topological polar surface area (TPSA) is 55.4 Å². The van der Waals surface area contributed by atoms with E-state index in [0.29, 0.717) is 6.61 Å². The number of hydrogen-bond acceptors (Lipinski definition) is 3. The molecule has 1 aromatic carbocycles. The lowest BCUT2D eigenvalue weighted by molar-refractivity contribution is 0.0902. The van der Waals surface area contributed by atoms with Gasteiger partial charge >= 0.3 is 0 Å². The summed E-state index contributed by atoms with van der Waals surface area (Å²) in [6.07, 6.45) is 1.74. The summed E-state index contributed by atoms with van der Waals surface area (Å²) in [5.41, 5.74) is 0. The third kappa shape index (κ3) is 3.83. The number of hydrogen-bond donors (Lipinski definition) is 1. The highest BCUT2D eigenvalue weighted by Gasteiger charge is 2.27. The van der Waals surface area contributed by atoms with E-state index < -0.39 is 10.0 Å². The van der Waals surface area contributed by atoms with Crippen LogP contribution in [0, 0.1) is 0 Å². The minimum Gasteiger partial charge on any atom is -0.377 e. The Hall–Kier alpha value is -0.330. The summed E-state index contributed by atoms with van der Waals surface area (Å²) in [6.45, 7) is 2.47. The Bertz CT molecular complexity index is 536. The highest BCUT2D eigenvalue weighted by Crippen LogP contribution is 2.23. The van der Waals surface area contributed by atoms with Gasteiger partial charge in [0.05, 0.1) is 11.0 Å². The third-order valence-electron chi connectivity index (χ3n) is 3.01. The molecule has 0 amide bonds. The number of halogens is 2. The molecule has 7 heteroatoms. The van der Waals surface area contributed by atoms with Crippen molar-refractivity contribution < 1.29 is 13.2 Å². The first-order valence-corrected chi connectivity index (χ1v) is 8.22. The van der Waals surface area contributed by atoms with Crippen molar-refractivity contribution in [3.05, 3.63) is 28.2 Å². The Kier molecular flexibility index (Phi) is 4.74. The average molecular weight is 324 g/mol. The molecule has 0 bridgehead atoms. The van der Waals surface area contributed by atoms with Gasteiger partial charge in [0, 0.05) is 22.7 Å². The normalized spacial score (nSPS) is 21.5. The van der Waals surface area contributed by atoms with Crippen molar-refractivity contribution >= 4 is 33.2 Å². The molecule has 1 heterocycles. The van der Waals surface area contributed by atoms with Crippen molar-refractivity contribution in [2.24, 2.45) is 0 Å². The second-order valence-electron chi connectivity index (χ2n) is 4.57. The molecule has 0 spiro atoms. The quantitative estimate of drug-likeness (QED) is 0.926. The maximum absolute atomic E-state index is 12.2. The van der Waals surface area contributed by atoms with Crippen LogP contribution >= 0.6 is 23.2 Å². The third-order valence-corrected chi connectivity index (χ3v) is 4.98. The molecule has 2 atom stereocenters. The van der Waals surface area contributed by atoms with E-state index >= 15 is 0 Å².